The Labute approximate surface area is 139 Å². The van der Waals surface area contributed by atoms with E-state index in [1.807, 2.05) is 43.3 Å². The highest BCUT2D eigenvalue weighted by Crippen LogP contribution is 2.24. The highest BCUT2D eigenvalue weighted by atomic mass is 35.5. The van der Waals surface area contributed by atoms with Gasteiger partial charge in [-0.25, -0.2) is 13.6 Å². The van der Waals surface area contributed by atoms with Crippen molar-refractivity contribution in [3.8, 4) is 5.69 Å². The molecule has 0 atom stereocenters. The molecule has 0 saturated carbocycles. The van der Waals surface area contributed by atoms with E-state index in [4.69, 9.17) is 16.7 Å². The smallest absolute Gasteiger partial charge is 0.209 e. The lowest BCUT2D eigenvalue weighted by Crippen LogP contribution is -2.18. The highest BCUT2D eigenvalue weighted by Gasteiger charge is 2.11. The van der Waals surface area contributed by atoms with Gasteiger partial charge in [0.25, 0.3) is 0 Å². The van der Waals surface area contributed by atoms with Gasteiger partial charge >= 0.3 is 0 Å². The van der Waals surface area contributed by atoms with E-state index in [0.29, 0.717) is 11.4 Å². The summed E-state index contributed by atoms with van der Waals surface area (Å²) in [6.07, 6.45) is 2.03. The third kappa shape index (κ3) is 3.55. The molecular formula is C16H16ClN3O2S. The summed E-state index contributed by atoms with van der Waals surface area (Å²) < 4.78 is 24.3. The zero-order chi connectivity index (χ0) is 16.6. The van der Waals surface area contributed by atoms with E-state index in [9.17, 15) is 8.42 Å². The summed E-state index contributed by atoms with van der Waals surface area (Å²) in [5.74, 6) is -0.0964. The second kappa shape index (κ2) is 5.96. The number of nitrogens with zero attached hydrogens (tertiary/aromatic N) is 2. The Morgan fingerprint density at radius 3 is 2.57 bits per heavy atom. The molecule has 0 saturated heterocycles. The van der Waals surface area contributed by atoms with Gasteiger partial charge in [0.2, 0.25) is 10.0 Å². The van der Waals surface area contributed by atoms with Gasteiger partial charge in [-0.2, -0.15) is 0 Å². The van der Waals surface area contributed by atoms with E-state index in [2.05, 4.69) is 9.55 Å². The maximum Gasteiger partial charge on any atom is 0.209 e. The monoisotopic (exact) mass is 349 g/mol. The van der Waals surface area contributed by atoms with Crippen molar-refractivity contribution in [2.75, 3.05) is 5.75 Å². The minimum absolute atomic E-state index is 0.0964. The third-order valence-electron chi connectivity index (χ3n) is 3.65. The van der Waals surface area contributed by atoms with Crippen LogP contribution >= 0.6 is 11.6 Å². The molecule has 0 aliphatic heterocycles. The molecule has 1 aromatic carbocycles. The number of primary sulfonamides is 1. The fourth-order valence-corrected chi connectivity index (χ4v) is 3.22. The number of hydrogen-bond acceptors (Lipinski definition) is 3. The molecule has 5 nitrogen and oxygen atoms in total. The van der Waals surface area contributed by atoms with Gasteiger partial charge in [0.15, 0.2) is 0 Å². The maximum absolute atomic E-state index is 11.1. The van der Waals surface area contributed by atoms with E-state index in [1.165, 1.54) is 0 Å². The molecule has 0 radical (unpaired) electrons. The van der Waals surface area contributed by atoms with Gasteiger partial charge in [-0.05, 0) is 55.3 Å². The zero-order valence-corrected chi connectivity index (χ0v) is 14.1. The van der Waals surface area contributed by atoms with Crippen LogP contribution in [0.25, 0.3) is 16.7 Å². The largest absolute Gasteiger partial charge is 0.312 e. The fraction of sp³-hybridized carbons (Fsp3) is 0.188. The molecule has 2 heterocycles. The average Bonchev–Trinajstić information content (AvgIpc) is 2.81. The molecule has 3 aromatic rings. The molecule has 0 amide bonds. The summed E-state index contributed by atoms with van der Waals surface area (Å²) in [4.78, 5) is 4.42. The van der Waals surface area contributed by atoms with Crippen molar-refractivity contribution in [1.82, 2.24) is 9.55 Å². The second-order valence-corrected chi connectivity index (χ2v) is 7.63. The summed E-state index contributed by atoms with van der Waals surface area (Å²) in [6, 6.07) is 11.5. The van der Waals surface area contributed by atoms with Gasteiger partial charge in [0.05, 0.1) is 16.8 Å². The minimum Gasteiger partial charge on any atom is -0.312 e. The van der Waals surface area contributed by atoms with Crippen LogP contribution in [0.1, 0.15) is 11.3 Å². The summed E-state index contributed by atoms with van der Waals surface area (Å²) in [7, 11) is -3.49. The van der Waals surface area contributed by atoms with E-state index < -0.39 is 10.0 Å². The standard InChI is InChI=1S/C16H16ClN3O2S/c1-11-8-15-16(20(11)14-4-2-13(17)3-5-14)9-12(10-19-15)6-7-23(18,21)22/h2-5,8-10H,6-7H2,1H3,(H2,18,21,22). The summed E-state index contributed by atoms with van der Waals surface area (Å²) >= 11 is 5.95. The molecule has 0 spiro atoms. The number of aromatic nitrogens is 2. The first-order valence-corrected chi connectivity index (χ1v) is 9.16. The van der Waals surface area contributed by atoms with Crippen LogP contribution in [0, 0.1) is 6.92 Å². The fourth-order valence-electron chi connectivity index (χ4n) is 2.58. The molecule has 0 aliphatic carbocycles. The number of halogens is 1. The Balaban J connectivity index is 2.07. The zero-order valence-electron chi connectivity index (χ0n) is 12.5. The predicted molar refractivity (Wildman–Crippen MR) is 92.5 cm³/mol. The lowest BCUT2D eigenvalue weighted by molar-refractivity contribution is 0.597. The van der Waals surface area contributed by atoms with Gasteiger partial charge in [-0.3, -0.25) is 4.98 Å². The van der Waals surface area contributed by atoms with Crippen LogP contribution < -0.4 is 5.14 Å². The van der Waals surface area contributed by atoms with Crippen molar-refractivity contribution in [3.05, 3.63) is 58.9 Å². The van der Waals surface area contributed by atoms with E-state index in [-0.39, 0.29) is 5.75 Å². The molecule has 0 aliphatic rings. The summed E-state index contributed by atoms with van der Waals surface area (Å²) in [5, 5.41) is 5.75. The molecular weight excluding hydrogens is 334 g/mol. The predicted octanol–water partition coefficient (Wildman–Crippen LogP) is 2.82. The minimum atomic E-state index is -3.49. The molecule has 0 bridgehead atoms. The van der Waals surface area contributed by atoms with E-state index >= 15 is 0 Å². The second-order valence-electron chi connectivity index (χ2n) is 5.46. The lowest BCUT2D eigenvalue weighted by Gasteiger charge is -2.09. The number of rotatable bonds is 4. The molecule has 2 aromatic heterocycles. The van der Waals surface area contributed by atoms with Crippen molar-refractivity contribution in [2.45, 2.75) is 13.3 Å². The Kier molecular flexibility index (Phi) is 4.14. The van der Waals surface area contributed by atoms with E-state index in [0.717, 1.165) is 28.0 Å². The lowest BCUT2D eigenvalue weighted by atomic mass is 10.2. The number of hydrogen-bond donors (Lipinski definition) is 1. The van der Waals surface area contributed by atoms with Crippen molar-refractivity contribution < 1.29 is 8.42 Å². The van der Waals surface area contributed by atoms with Gasteiger partial charge in [-0.15, -0.1) is 0 Å². The number of aryl methyl sites for hydroxylation is 2. The molecule has 3 rings (SSSR count). The number of fused-ring (bicyclic) bond motifs is 1. The summed E-state index contributed by atoms with van der Waals surface area (Å²) in [5.41, 5.74) is 4.64. The van der Waals surface area contributed by atoms with Crippen LogP contribution in [-0.4, -0.2) is 23.7 Å². The molecule has 7 heteroatoms. The van der Waals surface area contributed by atoms with Crippen LogP contribution in [-0.2, 0) is 16.4 Å². The highest BCUT2D eigenvalue weighted by molar-refractivity contribution is 7.89. The maximum atomic E-state index is 11.1. The van der Waals surface area contributed by atoms with Crippen LogP contribution in [0.3, 0.4) is 0 Å². The van der Waals surface area contributed by atoms with Crippen molar-refractivity contribution in [1.29, 1.82) is 0 Å². The van der Waals surface area contributed by atoms with Gasteiger partial charge in [0, 0.05) is 22.6 Å². The molecule has 120 valence electrons. The SMILES string of the molecule is Cc1cc2ncc(CCS(N)(=O)=O)cc2n1-c1ccc(Cl)cc1. The quantitative estimate of drug-likeness (QED) is 0.786. The Bertz CT molecular complexity index is 963. The van der Waals surface area contributed by atoms with Crippen LogP contribution in [0.4, 0.5) is 0 Å². The molecule has 0 fully saturated rings. The number of sulfonamides is 1. The number of nitrogens with two attached hydrogens (primary N) is 1. The van der Waals surface area contributed by atoms with Crippen molar-refractivity contribution in [3.63, 3.8) is 0 Å². The molecule has 0 unspecified atom stereocenters. The van der Waals surface area contributed by atoms with Gasteiger partial charge in [0.1, 0.15) is 0 Å². The third-order valence-corrected chi connectivity index (χ3v) is 4.68. The average molecular weight is 350 g/mol. The van der Waals surface area contributed by atoms with Crippen LogP contribution in [0.2, 0.25) is 5.02 Å². The molecule has 2 N–H and O–H groups in total. The molecule has 23 heavy (non-hydrogen) atoms. The number of pyridine rings is 1. The normalized spacial score (nSPS) is 12.0. The van der Waals surface area contributed by atoms with Crippen molar-refractivity contribution >= 4 is 32.7 Å². The Morgan fingerprint density at radius 1 is 1.22 bits per heavy atom. The topological polar surface area (TPSA) is 78.0 Å². The number of benzene rings is 1. The summed E-state index contributed by atoms with van der Waals surface area (Å²) in [6.45, 7) is 2.00. The Morgan fingerprint density at radius 2 is 1.91 bits per heavy atom. The van der Waals surface area contributed by atoms with Gasteiger partial charge < -0.3 is 4.57 Å². The van der Waals surface area contributed by atoms with Crippen molar-refractivity contribution in [2.24, 2.45) is 5.14 Å². The van der Waals surface area contributed by atoms with E-state index in [1.54, 1.807) is 6.20 Å². The van der Waals surface area contributed by atoms with Gasteiger partial charge in [-0.1, -0.05) is 11.6 Å². The first-order chi connectivity index (χ1) is 10.8. The first kappa shape index (κ1) is 16.0. The first-order valence-electron chi connectivity index (χ1n) is 7.07. The van der Waals surface area contributed by atoms with Crippen LogP contribution in [0.5, 0.6) is 0 Å². The Hall–Kier alpha value is -1.89. The van der Waals surface area contributed by atoms with Crippen LogP contribution in [0.15, 0.2) is 42.6 Å².